The van der Waals surface area contributed by atoms with Crippen LogP contribution in [0.3, 0.4) is 0 Å². The van der Waals surface area contributed by atoms with Crippen molar-refractivity contribution in [2.24, 2.45) is 0 Å². The molecule has 0 aliphatic carbocycles. The van der Waals surface area contributed by atoms with Gasteiger partial charge in [0.15, 0.2) is 0 Å². The molecule has 0 bridgehead atoms. The van der Waals surface area contributed by atoms with Crippen molar-refractivity contribution in [2.45, 2.75) is 24.4 Å². The molecular weight excluding hydrogens is 240 g/mol. The lowest BCUT2D eigenvalue weighted by Gasteiger charge is -2.37. The predicted octanol–water partition coefficient (Wildman–Crippen LogP) is -0.651. The third kappa shape index (κ3) is 3.34. The number of carbonyl (C=O) groups is 1. The number of aliphatic hydroxyl groups excluding tert-OH is 1. The fourth-order valence-electron chi connectivity index (χ4n) is 2.17. The summed E-state index contributed by atoms with van der Waals surface area (Å²) in [7, 11) is 0. The van der Waals surface area contributed by atoms with Gasteiger partial charge in [-0.3, -0.25) is 4.79 Å². The second kappa shape index (κ2) is 6.04. The molecule has 6 heteroatoms. The van der Waals surface area contributed by atoms with Gasteiger partial charge in [-0.2, -0.15) is 11.8 Å². The fraction of sp³-hybridized carbons (Fsp3) is 0.909. The topological polar surface area (TPSA) is 70.6 Å². The molecule has 0 aromatic rings. The standard InChI is InChI=1S/C11H20N2O3S/c14-8-11(1-4-16-5-2-11)13-10(15)9-7-17-6-3-12-9/h9,12,14H,1-8H2,(H,13,15). The lowest BCUT2D eigenvalue weighted by atomic mass is 9.90. The average Bonchev–Trinajstić information content (AvgIpc) is 2.41. The summed E-state index contributed by atoms with van der Waals surface area (Å²) in [5.41, 5.74) is -0.473. The molecule has 0 aromatic heterocycles. The SMILES string of the molecule is O=C(NC1(CO)CCOCC1)C1CSCCN1. The van der Waals surface area contributed by atoms with Gasteiger partial charge in [0.05, 0.1) is 18.2 Å². The smallest absolute Gasteiger partial charge is 0.238 e. The molecule has 98 valence electrons. The van der Waals surface area contributed by atoms with E-state index in [0.717, 1.165) is 18.1 Å². The van der Waals surface area contributed by atoms with Crippen molar-refractivity contribution in [3.05, 3.63) is 0 Å². The Morgan fingerprint density at radius 3 is 2.88 bits per heavy atom. The minimum atomic E-state index is -0.473. The van der Waals surface area contributed by atoms with Crippen molar-refractivity contribution < 1.29 is 14.6 Å². The van der Waals surface area contributed by atoms with Crippen LogP contribution >= 0.6 is 11.8 Å². The van der Waals surface area contributed by atoms with Gasteiger partial charge in [0.1, 0.15) is 0 Å². The van der Waals surface area contributed by atoms with Crippen LogP contribution in [0.25, 0.3) is 0 Å². The largest absolute Gasteiger partial charge is 0.394 e. The average molecular weight is 260 g/mol. The van der Waals surface area contributed by atoms with Gasteiger partial charge in [-0.15, -0.1) is 0 Å². The third-order valence-corrected chi connectivity index (χ3v) is 4.44. The normalized spacial score (nSPS) is 28.6. The van der Waals surface area contributed by atoms with Gasteiger partial charge in [0, 0.05) is 31.3 Å². The second-order valence-electron chi connectivity index (χ2n) is 4.62. The van der Waals surface area contributed by atoms with E-state index in [1.165, 1.54) is 0 Å². The van der Waals surface area contributed by atoms with Crippen LogP contribution in [-0.2, 0) is 9.53 Å². The van der Waals surface area contributed by atoms with Gasteiger partial charge in [-0.05, 0) is 12.8 Å². The molecule has 2 saturated heterocycles. The van der Waals surface area contributed by atoms with Gasteiger partial charge < -0.3 is 20.5 Å². The van der Waals surface area contributed by atoms with Gasteiger partial charge in [0.25, 0.3) is 0 Å². The Balaban J connectivity index is 1.90. The zero-order valence-electron chi connectivity index (χ0n) is 9.91. The molecule has 1 unspecified atom stereocenters. The molecule has 2 heterocycles. The number of amides is 1. The van der Waals surface area contributed by atoms with Crippen LogP contribution in [0.1, 0.15) is 12.8 Å². The molecule has 0 spiro atoms. The van der Waals surface area contributed by atoms with Crippen LogP contribution in [0.5, 0.6) is 0 Å². The highest BCUT2D eigenvalue weighted by Crippen LogP contribution is 2.20. The molecule has 17 heavy (non-hydrogen) atoms. The molecule has 2 rings (SSSR count). The van der Waals surface area contributed by atoms with Crippen LogP contribution in [0.2, 0.25) is 0 Å². The van der Waals surface area contributed by atoms with Crippen LogP contribution in [0.15, 0.2) is 0 Å². The zero-order valence-corrected chi connectivity index (χ0v) is 10.7. The molecular formula is C11H20N2O3S. The first-order valence-corrected chi connectivity index (χ1v) is 7.23. The molecule has 5 nitrogen and oxygen atoms in total. The predicted molar refractivity (Wildman–Crippen MR) is 67.1 cm³/mol. The van der Waals surface area contributed by atoms with E-state index in [0.29, 0.717) is 26.1 Å². The van der Waals surface area contributed by atoms with E-state index in [4.69, 9.17) is 4.74 Å². The van der Waals surface area contributed by atoms with Crippen molar-refractivity contribution in [3.63, 3.8) is 0 Å². The van der Waals surface area contributed by atoms with Crippen LogP contribution < -0.4 is 10.6 Å². The first kappa shape index (κ1) is 13.1. The number of nitrogens with one attached hydrogen (secondary N) is 2. The summed E-state index contributed by atoms with van der Waals surface area (Å²) in [4.78, 5) is 12.1. The van der Waals surface area contributed by atoms with Crippen molar-refractivity contribution >= 4 is 17.7 Å². The summed E-state index contributed by atoms with van der Waals surface area (Å²) in [5, 5.41) is 15.7. The molecule has 1 atom stereocenters. The van der Waals surface area contributed by atoms with Crippen molar-refractivity contribution in [1.82, 2.24) is 10.6 Å². The lowest BCUT2D eigenvalue weighted by Crippen LogP contribution is -2.60. The Hall–Kier alpha value is -0.300. The summed E-state index contributed by atoms with van der Waals surface area (Å²) in [5.74, 6) is 1.88. The van der Waals surface area contributed by atoms with E-state index in [9.17, 15) is 9.90 Å². The van der Waals surface area contributed by atoms with Gasteiger partial charge in [-0.25, -0.2) is 0 Å². The number of thioether (sulfide) groups is 1. The summed E-state index contributed by atoms with van der Waals surface area (Å²) in [6, 6.07) is -0.125. The minimum Gasteiger partial charge on any atom is -0.394 e. The fourth-order valence-corrected chi connectivity index (χ4v) is 3.10. The van der Waals surface area contributed by atoms with E-state index in [-0.39, 0.29) is 18.6 Å². The Bertz CT molecular complexity index is 263. The summed E-state index contributed by atoms with van der Waals surface area (Å²) < 4.78 is 5.27. The third-order valence-electron chi connectivity index (χ3n) is 3.38. The zero-order chi connectivity index (χ0) is 12.1. The van der Waals surface area contributed by atoms with E-state index in [1.54, 1.807) is 11.8 Å². The highest BCUT2D eigenvalue weighted by atomic mass is 32.2. The molecule has 0 aromatic carbocycles. The number of aliphatic hydroxyl groups is 1. The first-order valence-electron chi connectivity index (χ1n) is 6.07. The summed E-state index contributed by atoms with van der Waals surface area (Å²) in [6.07, 6.45) is 1.38. The van der Waals surface area contributed by atoms with E-state index in [1.807, 2.05) is 0 Å². The van der Waals surface area contributed by atoms with Crippen molar-refractivity contribution in [1.29, 1.82) is 0 Å². The van der Waals surface area contributed by atoms with Crippen molar-refractivity contribution in [3.8, 4) is 0 Å². The lowest BCUT2D eigenvalue weighted by molar-refractivity contribution is -0.126. The second-order valence-corrected chi connectivity index (χ2v) is 5.77. The highest BCUT2D eigenvalue weighted by molar-refractivity contribution is 7.99. The van der Waals surface area contributed by atoms with Gasteiger partial charge in [0.2, 0.25) is 5.91 Å². The van der Waals surface area contributed by atoms with Crippen LogP contribution in [0.4, 0.5) is 0 Å². The van der Waals surface area contributed by atoms with Crippen LogP contribution in [-0.4, -0.2) is 60.5 Å². The molecule has 2 fully saturated rings. The Morgan fingerprint density at radius 2 is 2.29 bits per heavy atom. The first-order chi connectivity index (χ1) is 8.26. The molecule has 2 aliphatic rings. The molecule has 1 amide bonds. The maximum atomic E-state index is 12.1. The number of ether oxygens (including phenoxy) is 1. The molecule has 3 N–H and O–H groups in total. The van der Waals surface area contributed by atoms with Gasteiger partial charge in [-0.1, -0.05) is 0 Å². The Morgan fingerprint density at radius 1 is 1.53 bits per heavy atom. The number of hydrogen-bond donors (Lipinski definition) is 3. The van der Waals surface area contributed by atoms with E-state index >= 15 is 0 Å². The van der Waals surface area contributed by atoms with Crippen LogP contribution in [0, 0.1) is 0 Å². The van der Waals surface area contributed by atoms with Gasteiger partial charge >= 0.3 is 0 Å². The minimum absolute atomic E-state index is 0.00755. The maximum absolute atomic E-state index is 12.1. The number of carbonyl (C=O) groups excluding carboxylic acids is 1. The highest BCUT2D eigenvalue weighted by Gasteiger charge is 2.35. The summed E-state index contributed by atoms with van der Waals surface area (Å²) >= 11 is 1.79. The maximum Gasteiger partial charge on any atom is 0.238 e. The number of hydrogen-bond acceptors (Lipinski definition) is 5. The quantitative estimate of drug-likeness (QED) is 0.629. The Labute approximate surface area is 106 Å². The molecule has 0 saturated carbocycles. The molecule has 0 radical (unpaired) electrons. The van der Waals surface area contributed by atoms with Crippen molar-refractivity contribution in [2.75, 3.05) is 37.9 Å². The summed E-state index contributed by atoms with van der Waals surface area (Å²) in [6.45, 7) is 2.07. The van der Waals surface area contributed by atoms with E-state index in [2.05, 4.69) is 10.6 Å². The Kier molecular flexibility index (Phi) is 4.67. The number of rotatable bonds is 3. The van der Waals surface area contributed by atoms with E-state index < -0.39 is 5.54 Å². The monoisotopic (exact) mass is 260 g/mol. The molecule has 2 aliphatic heterocycles.